The zero-order valence-electron chi connectivity index (χ0n) is 13.6. The molecule has 1 N–H and O–H groups in total. The summed E-state index contributed by atoms with van der Waals surface area (Å²) in [4.78, 5) is 11.0. The number of fused-ring (bicyclic) bond motifs is 1. The fourth-order valence-electron chi connectivity index (χ4n) is 3.37. The van der Waals surface area contributed by atoms with Gasteiger partial charge in [-0.25, -0.2) is 0 Å². The van der Waals surface area contributed by atoms with Crippen LogP contribution in [0, 0.1) is 5.41 Å². The number of carbonyl (C=O) groups excluding carboxylic acids is 1. The molecule has 1 heterocycles. The Morgan fingerprint density at radius 2 is 2.29 bits per heavy atom. The van der Waals surface area contributed by atoms with Crippen LogP contribution in [0.5, 0.6) is 0 Å². The predicted octanol–water partition coefficient (Wildman–Crippen LogP) is 2.98. The van der Waals surface area contributed by atoms with E-state index in [0.717, 1.165) is 32.1 Å². The molecule has 0 aromatic carbocycles. The molecule has 1 aliphatic heterocycles. The van der Waals surface area contributed by atoms with Gasteiger partial charge >= 0.3 is 5.97 Å². The van der Waals surface area contributed by atoms with E-state index in [4.69, 9.17) is 9.47 Å². The molecule has 0 bridgehead atoms. The van der Waals surface area contributed by atoms with Crippen LogP contribution in [0.2, 0.25) is 0 Å². The fraction of sp³-hybridized carbons (Fsp3) is 0.824. The minimum absolute atomic E-state index is 0.00624. The van der Waals surface area contributed by atoms with Gasteiger partial charge in [-0.15, -0.1) is 0 Å². The summed E-state index contributed by atoms with van der Waals surface area (Å²) in [5.74, 6) is -0.370. The van der Waals surface area contributed by atoms with Gasteiger partial charge in [0.05, 0.1) is 12.2 Å². The molecular formula is C17H28O4. The van der Waals surface area contributed by atoms with E-state index >= 15 is 0 Å². The molecule has 4 atom stereocenters. The topological polar surface area (TPSA) is 55.8 Å². The van der Waals surface area contributed by atoms with Crippen LogP contribution in [0.4, 0.5) is 0 Å². The van der Waals surface area contributed by atoms with Gasteiger partial charge in [-0.3, -0.25) is 4.79 Å². The zero-order chi connectivity index (χ0) is 15.7. The lowest BCUT2D eigenvalue weighted by Crippen LogP contribution is -2.53. The minimum atomic E-state index is -1.12. The van der Waals surface area contributed by atoms with Crippen molar-refractivity contribution in [3.63, 3.8) is 0 Å². The maximum Gasteiger partial charge on any atom is 0.302 e. The molecule has 1 saturated heterocycles. The molecule has 1 fully saturated rings. The maximum atomic E-state index is 11.0. The Balaban J connectivity index is 2.03. The summed E-state index contributed by atoms with van der Waals surface area (Å²) < 4.78 is 11.2. The molecule has 2 rings (SSSR count). The number of hydrogen-bond donors (Lipinski definition) is 1. The lowest BCUT2D eigenvalue weighted by Gasteiger charge is -2.47. The van der Waals surface area contributed by atoms with Gasteiger partial charge in [0.2, 0.25) is 0 Å². The number of esters is 1. The molecule has 120 valence electrons. The van der Waals surface area contributed by atoms with Crippen molar-refractivity contribution in [2.45, 2.75) is 77.6 Å². The lowest BCUT2D eigenvalue weighted by molar-refractivity contribution is -0.204. The summed E-state index contributed by atoms with van der Waals surface area (Å²) >= 11 is 0. The van der Waals surface area contributed by atoms with Crippen LogP contribution in [0.25, 0.3) is 0 Å². The molecule has 0 saturated carbocycles. The number of aliphatic hydroxyl groups is 1. The van der Waals surface area contributed by atoms with E-state index < -0.39 is 5.60 Å². The molecule has 0 spiro atoms. The zero-order valence-corrected chi connectivity index (χ0v) is 13.6. The molecule has 0 aromatic heterocycles. The molecular weight excluding hydrogens is 268 g/mol. The molecule has 21 heavy (non-hydrogen) atoms. The van der Waals surface area contributed by atoms with Crippen molar-refractivity contribution in [1.29, 1.82) is 0 Å². The lowest BCUT2D eigenvalue weighted by atomic mass is 9.72. The maximum absolute atomic E-state index is 11.0. The highest BCUT2D eigenvalue weighted by atomic mass is 16.6. The van der Waals surface area contributed by atoms with Crippen molar-refractivity contribution in [2.24, 2.45) is 5.41 Å². The summed E-state index contributed by atoms with van der Waals surface area (Å²) in [5.41, 5.74) is 0.463. The van der Waals surface area contributed by atoms with Crippen LogP contribution in [0.1, 0.15) is 59.8 Å². The van der Waals surface area contributed by atoms with Gasteiger partial charge < -0.3 is 14.6 Å². The quantitative estimate of drug-likeness (QED) is 0.642. The molecule has 0 radical (unpaired) electrons. The van der Waals surface area contributed by atoms with Crippen LogP contribution in [-0.4, -0.2) is 35.5 Å². The third kappa shape index (κ3) is 3.86. The van der Waals surface area contributed by atoms with Crippen molar-refractivity contribution < 1.29 is 19.4 Å². The van der Waals surface area contributed by atoms with Gasteiger partial charge in [-0.2, -0.15) is 0 Å². The van der Waals surface area contributed by atoms with Gasteiger partial charge in [0.25, 0.3) is 0 Å². The number of rotatable bonds is 3. The average molecular weight is 296 g/mol. The molecule has 0 aromatic rings. The van der Waals surface area contributed by atoms with Crippen LogP contribution in [0.3, 0.4) is 0 Å². The summed E-state index contributed by atoms with van der Waals surface area (Å²) in [7, 11) is 0. The van der Waals surface area contributed by atoms with Crippen LogP contribution in [-0.2, 0) is 14.3 Å². The Hall–Kier alpha value is -0.870. The van der Waals surface area contributed by atoms with Gasteiger partial charge in [0.15, 0.2) is 0 Å². The molecule has 4 heteroatoms. The first-order chi connectivity index (χ1) is 9.73. The van der Waals surface area contributed by atoms with E-state index in [-0.39, 0.29) is 30.2 Å². The standard InChI is InChI=1S/C17H28O4/c1-12-5-6-14-16(3,9-7-12)10-8-15(21-14)17(4,19)11-20-13(2)18/h7,14-15,19H,5-6,8-11H2,1-4H3/t14-,15-,16-,17?/m0/s1. The summed E-state index contributed by atoms with van der Waals surface area (Å²) in [6, 6.07) is 0. The number of allylic oxidation sites excluding steroid dienone is 2. The first-order valence-electron chi connectivity index (χ1n) is 7.90. The third-order valence-electron chi connectivity index (χ3n) is 5.06. The summed E-state index contributed by atoms with van der Waals surface area (Å²) in [5, 5.41) is 10.6. The monoisotopic (exact) mass is 296 g/mol. The van der Waals surface area contributed by atoms with Crippen LogP contribution >= 0.6 is 0 Å². The third-order valence-corrected chi connectivity index (χ3v) is 5.06. The number of hydrogen-bond acceptors (Lipinski definition) is 4. The second kappa shape index (κ2) is 6.09. The van der Waals surface area contributed by atoms with Crippen LogP contribution < -0.4 is 0 Å². The van der Waals surface area contributed by atoms with Crippen molar-refractivity contribution in [2.75, 3.05) is 6.61 Å². The average Bonchev–Trinajstić information content (AvgIpc) is 2.56. The second-order valence-corrected chi connectivity index (χ2v) is 7.24. The largest absolute Gasteiger partial charge is 0.463 e. The molecule has 0 amide bonds. The smallest absolute Gasteiger partial charge is 0.302 e. The highest BCUT2D eigenvalue weighted by Crippen LogP contribution is 2.45. The van der Waals surface area contributed by atoms with E-state index in [9.17, 15) is 9.90 Å². The molecule has 2 aliphatic rings. The second-order valence-electron chi connectivity index (χ2n) is 7.24. The Labute approximate surface area is 127 Å². The van der Waals surface area contributed by atoms with E-state index in [1.165, 1.54) is 12.5 Å². The van der Waals surface area contributed by atoms with Gasteiger partial charge in [-0.05, 0) is 51.4 Å². The highest BCUT2D eigenvalue weighted by molar-refractivity contribution is 5.65. The fourth-order valence-corrected chi connectivity index (χ4v) is 3.37. The van der Waals surface area contributed by atoms with Crippen molar-refractivity contribution in [3.05, 3.63) is 11.6 Å². The number of ether oxygens (including phenoxy) is 2. The van der Waals surface area contributed by atoms with E-state index in [1.807, 2.05) is 0 Å². The molecule has 1 aliphatic carbocycles. The van der Waals surface area contributed by atoms with Crippen LogP contribution in [0.15, 0.2) is 11.6 Å². The van der Waals surface area contributed by atoms with E-state index in [2.05, 4.69) is 19.9 Å². The Morgan fingerprint density at radius 1 is 1.57 bits per heavy atom. The molecule has 4 nitrogen and oxygen atoms in total. The first kappa shape index (κ1) is 16.5. The van der Waals surface area contributed by atoms with Crippen molar-refractivity contribution in [1.82, 2.24) is 0 Å². The summed E-state index contributed by atoms with van der Waals surface area (Å²) in [6.07, 6.45) is 7.15. The van der Waals surface area contributed by atoms with Crippen molar-refractivity contribution >= 4 is 5.97 Å². The normalized spacial score (nSPS) is 36.0. The van der Waals surface area contributed by atoms with E-state index in [0.29, 0.717) is 0 Å². The first-order valence-corrected chi connectivity index (χ1v) is 7.90. The minimum Gasteiger partial charge on any atom is -0.463 e. The van der Waals surface area contributed by atoms with Crippen molar-refractivity contribution in [3.8, 4) is 0 Å². The number of carbonyl (C=O) groups is 1. The predicted molar refractivity (Wildman–Crippen MR) is 80.9 cm³/mol. The highest BCUT2D eigenvalue weighted by Gasteiger charge is 2.46. The Morgan fingerprint density at radius 3 is 2.95 bits per heavy atom. The summed E-state index contributed by atoms with van der Waals surface area (Å²) in [6.45, 7) is 7.50. The molecule has 1 unspecified atom stereocenters. The van der Waals surface area contributed by atoms with Gasteiger partial charge in [0.1, 0.15) is 12.2 Å². The van der Waals surface area contributed by atoms with Gasteiger partial charge in [-0.1, -0.05) is 18.6 Å². The SMILES string of the molecule is CC(=O)OCC(C)(O)[C@@H]1CC[C@]2(C)CC=C(C)CC[C@@H]2O1. The van der Waals surface area contributed by atoms with E-state index in [1.54, 1.807) is 6.92 Å². The Kier molecular flexibility index (Phi) is 4.79. The Bertz CT molecular complexity index is 427. The van der Waals surface area contributed by atoms with Gasteiger partial charge in [0, 0.05) is 6.92 Å².